The third-order valence-corrected chi connectivity index (χ3v) is 8.60. The average Bonchev–Trinajstić information content (AvgIpc) is 3.67. The minimum atomic E-state index is -1.17. The summed E-state index contributed by atoms with van der Waals surface area (Å²) in [5, 5.41) is 21.7. The third-order valence-electron chi connectivity index (χ3n) is 6.15. The lowest BCUT2D eigenvalue weighted by atomic mass is 10.1. The number of nitrogens with one attached hydrogen (secondary N) is 5. The molecule has 3 rings (SSSR count). The molecule has 15 heteroatoms. The number of amides is 5. The van der Waals surface area contributed by atoms with Crippen LogP contribution in [0.5, 0.6) is 0 Å². The summed E-state index contributed by atoms with van der Waals surface area (Å²) in [5.41, 5.74) is -1.17. The molecule has 0 unspecified atom stereocenters. The van der Waals surface area contributed by atoms with Gasteiger partial charge in [-0.1, -0.05) is 27.7 Å². The Bertz CT molecular complexity index is 1040. The van der Waals surface area contributed by atoms with Gasteiger partial charge in [0.2, 0.25) is 29.5 Å². The van der Waals surface area contributed by atoms with Crippen LogP contribution in [0.1, 0.15) is 44.9 Å². The maximum atomic E-state index is 13.3. The predicted octanol–water partition coefficient (Wildman–Crippen LogP) is -0.812. The number of hydrogen-bond donors (Lipinski definition) is 5. The Labute approximate surface area is 233 Å². The van der Waals surface area contributed by atoms with Gasteiger partial charge in [-0.15, -0.1) is 0 Å². The minimum absolute atomic E-state index is 0.0706. The largest absolute Gasteiger partial charge is 0.456 e. The first kappa shape index (κ1) is 30.3. The molecule has 212 valence electrons. The summed E-state index contributed by atoms with van der Waals surface area (Å²) in [4.78, 5) is 76.8. The van der Waals surface area contributed by atoms with E-state index in [1.807, 2.05) is 6.07 Å². The van der Waals surface area contributed by atoms with E-state index in [0.717, 1.165) is 0 Å². The van der Waals surface area contributed by atoms with Crippen molar-refractivity contribution in [1.29, 1.82) is 5.26 Å². The lowest BCUT2D eigenvalue weighted by molar-refractivity contribution is -0.148. The van der Waals surface area contributed by atoms with Crippen LogP contribution in [0.2, 0.25) is 0 Å². The summed E-state index contributed by atoms with van der Waals surface area (Å²) in [6.45, 7) is -0.276. The molecule has 1 saturated carbocycles. The molecule has 3 atom stereocenters. The zero-order chi connectivity index (χ0) is 28.3. The summed E-state index contributed by atoms with van der Waals surface area (Å²) in [7, 11) is 2.87. The van der Waals surface area contributed by atoms with E-state index in [1.54, 1.807) is 12.2 Å². The summed E-state index contributed by atoms with van der Waals surface area (Å²) < 4.78 is 5.42. The average molecular weight is 581 g/mol. The topological polar surface area (TPSA) is 196 Å². The molecule has 3 aliphatic rings. The van der Waals surface area contributed by atoms with E-state index >= 15 is 0 Å². The monoisotopic (exact) mass is 580 g/mol. The standard InChI is InChI=1S/C24H32N6O7S2/c25-9-3-10-26-18(31)6-5-16-21(34)29-17-14-39-38-11-2-1-4-15(12-19(32)28-16)37-20(33)13-27-23(36)24(7-8-24)30-22(17)35/h1,4,15-17H,2-3,5-8,10-14H2,(H,26,31)(H,27,36)(H,28,32)(H,29,34)(H,30,35)/b4-1+/t15-,16+,17-/m0/s1. The molecule has 2 heterocycles. The van der Waals surface area contributed by atoms with Crippen LogP contribution in [-0.4, -0.2) is 83.8 Å². The van der Waals surface area contributed by atoms with Crippen molar-refractivity contribution < 1.29 is 33.5 Å². The molecule has 2 aliphatic heterocycles. The second kappa shape index (κ2) is 14.8. The van der Waals surface area contributed by atoms with Gasteiger partial charge in [0, 0.05) is 24.5 Å². The van der Waals surface area contributed by atoms with Gasteiger partial charge in [-0.05, 0) is 31.8 Å². The number of carbonyl (C=O) groups excluding carboxylic acids is 6. The number of esters is 1. The number of hydrogen-bond acceptors (Lipinski definition) is 10. The van der Waals surface area contributed by atoms with Crippen LogP contribution in [0.15, 0.2) is 12.2 Å². The number of carbonyl (C=O) groups is 6. The lowest BCUT2D eigenvalue weighted by Crippen LogP contribution is -2.59. The number of nitrogens with zero attached hydrogens (tertiary/aromatic N) is 1. The van der Waals surface area contributed by atoms with Crippen LogP contribution in [0.3, 0.4) is 0 Å². The summed E-state index contributed by atoms with van der Waals surface area (Å²) >= 11 is 0. The fourth-order valence-electron chi connectivity index (χ4n) is 3.86. The van der Waals surface area contributed by atoms with Gasteiger partial charge in [0.25, 0.3) is 0 Å². The van der Waals surface area contributed by atoms with Gasteiger partial charge in [0.1, 0.15) is 30.3 Å². The Balaban J connectivity index is 1.86. The molecular formula is C24H32N6O7S2. The third kappa shape index (κ3) is 9.77. The molecule has 2 bridgehead atoms. The normalized spacial score (nSPS) is 26.9. The first-order valence-electron chi connectivity index (χ1n) is 12.7. The summed E-state index contributed by atoms with van der Waals surface area (Å²) in [6.07, 6.45) is 3.47. The molecule has 0 aromatic heterocycles. The Morgan fingerprint density at radius 2 is 1.95 bits per heavy atom. The van der Waals surface area contributed by atoms with Gasteiger partial charge in [0.15, 0.2) is 0 Å². The molecular weight excluding hydrogens is 548 g/mol. The highest BCUT2D eigenvalue weighted by molar-refractivity contribution is 8.76. The highest BCUT2D eigenvalue weighted by atomic mass is 33.1. The second-order valence-electron chi connectivity index (χ2n) is 9.29. The van der Waals surface area contributed by atoms with Crippen LogP contribution in [0.25, 0.3) is 0 Å². The molecule has 5 N–H and O–H groups in total. The smallest absolute Gasteiger partial charge is 0.326 e. The van der Waals surface area contributed by atoms with Crippen LogP contribution in [-0.2, 0) is 33.5 Å². The van der Waals surface area contributed by atoms with Gasteiger partial charge in [-0.25, -0.2) is 0 Å². The Morgan fingerprint density at radius 1 is 1.15 bits per heavy atom. The molecule has 1 aliphatic carbocycles. The summed E-state index contributed by atoms with van der Waals surface area (Å²) in [6, 6.07) is -0.266. The first-order valence-corrected chi connectivity index (χ1v) is 15.2. The quantitative estimate of drug-likeness (QED) is 0.119. The zero-order valence-corrected chi connectivity index (χ0v) is 22.9. The molecule has 5 amide bonds. The number of rotatable bonds is 5. The molecule has 0 radical (unpaired) electrons. The number of ether oxygens (including phenoxy) is 1. The highest BCUT2D eigenvalue weighted by Gasteiger charge is 2.52. The van der Waals surface area contributed by atoms with Crippen molar-refractivity contribution in [2.75, 3.05) is 24.6 Å². The molecule has 0 aromatic rings. The van der Waals surface area contributed by atoms with Crippen molar-refractivity contribution in [3.63, 3.8) is 0 Å². The highest BCUT2D eigenvalue weighted by Crippen LogP contribution is 2.36. The van der Waals surface area contributed by atoms with Crippen LogP contribution in [0, 0.1) is 11.3 Å². The minimum Gasteiger partial charge on any atom is -0.456 e. The van der Waals surface area contributed by atoms with Crippen molar-refractivity contribution in [1.82, 2.24) is 26.6 Å². The molecule has 2 fully saturated rings. The van der Waals surface area contributed by atoms with Crippen molar-refractivity contribution in [2.45, 2.75) is 68.7 Å². The van der Waals surface area contributed by atoms with E-state index in [0.29, 0.717) is 25.0 Å². The van der Waals surface area contributed by atoms with E-state index in [4.69, 9.17) is 10.00 Å². The SMILES string of the molecule is N#CCCNC(=O)CC[C@H]1NC(=O)C[C@@H]2/C=C/CCSSC[C@H](NC1=O)C(=O)NC1(CC1)C(=O)NCC(=O)O2. The molecule has 1 saturated heterocycles. The lowest BCUT2D eigenvalue weighted by Gasteiger charge is -2.26. The van der Waals surface area contributed by atoms with Crippen LogP contribution in [0.4, 0.5) is 0 Å². The number of allylic oxidation sites excluding steroid dienone is 1. The molecule has 1 spiro atoms. The van der Waals surface area contributed by atoms with E-state index in [1.165, 1.54) is 21.6 Å². The van der Waals surface area contributed by atoms with Gasteiger partial charge in [0.05, 0.1) is 18.9 Å². The van der Waals surface area contributed by atoms with Crippen LogP contribution < -0.4 is 26.6 Å². The van der Waals surface area contributed by atoms with Crippen molar-refractivity contribution in [3.8, 4) is 6.07 Å². The zero-order valence-electron chi connectivity index (χ0n) is 21.3. The molecule has 39 heavy (non-hydrogen) atoms. The fourth-order valence-corrected chi connectivity index (χ4v) is 6.02. The summed E-state index contributed by atoms with van der Waals surface area (Å²) in [5.74, 6) is -2.65. The first-order chi connectivity index (χ1) is 18.7. The predicted molar refractivity (Wildman–Crippen MR) is 143 cm³/mol. The Kier molecular flexibility index (Phi) is 11.5. The molecule has 0 aromatic carbocycles. The van der Waals surface area contributed by atoms with Gasteiger partial charge >= 0.3 is 5.97 Å². The van der Waals surface area contributed by atoms with E-state index in [9.17, 15) is 28.8 Å². The Morgan fingerprint density at radius 3 is 2.69 bits per heavy atom. The van der Waals surface area contributed by atoms with Gasteiger partial charge < -0.3 is 31.3 Å². The van der Waals surface area contributed by atoms with Crippen molar-refractivity contribution in [2.24, 2.45) is 0 Å². The van der Waals surface area contributed by atoms with Crippen LogP contribution >= 0.6 is 21.6 Å². The maximum Gasteiger partial charge on any atom is 0.326 e. The van der Waals surface area contributed by atoms with Crippen molar-refractivity contribution in [3.05, 3.63) is 12.2 Å². The number of fused-ring (bicyclic) bond motifs is 7. The molecule has 13 nitrogen and oxygen atoms in total. The fraction of sp³-hybridized carbons (Fsp3) is 0.625. The van der Waals surface area contributed by atoms with Crippen molar-refractivity contribution >= 4 is 57.1 Å². The van der Waals surface area contributed by atoms with E-state index in [-0.39, 0.29) is 38.0 Å². The number of nitriles is 1. The second-order valence-corrected chi connectivity index (χ2v) is 11.9. The maximum absolute atomic E-state index is 13.3. The van der Waals surface area contributed by atoms with E-state index < -0.39 is 65.8 Å². The Hall–Kier alpha value is -3.25. The van der Waals surface area contributed by atoms with Gasteiger partial charge in [-0.2, -0.15) is 5.26 Å². The van der Waals surface area contributed by atoms with Gasteiger partial charge in [-0.3, -0.25) is 28.8 Å². The van der Waals surface area contributed by atoms with E-state index in [2.05, 4.69) is 26.6 Å².